The largest absolute Gasteiger partial charge is 0.389 e. The van der Waals surface area contributed by atoms with Crippen molar-refractivity contribution in [2.75, 3.05) is 19.8 Å². The maximum atomic E-state index is 11.0. The summed E-state index contributed by atoms with van der Waals surface area (Å²) in [6, 6.07) is 0. The normalized spacial score (nSPS) is 12.3. The second kappa shape index (κ2) is 9.40. The van der Waals surface area contributed by atoms with Crippen molar-refractivity contribution >= 4 is 5.91 Å². The van der Waals surface area contributed by atoms with Crippen LogP contribution >= 0.6 is 0 Å². The van der Waals surface area contributed by atoms with Gasteiger partial charge >= 0.3 is 0 Å². The number of aromatic nitrogens is 3. The van der Waals surface area contributed by atoms with E-state index in [-0.39, 0.29) is 25.6 Å². The van der Waals surface area contributed by atoms with Gasteiger partial charge < -0.3 is 20.9 Å². The minimum absolute atomic E-state index is 0.0536. The van der Waals surface area contributed by atoms with Crippen LogP contribution in [0.3, 0.4) is 0 Å². The van der Waals surface area contributed by atoms with E-state index in [9.17, 15) is 9.90 Å². The zero-order chi connectivity index (χ0) is 14.8. The molecule has 0 aliphatic rings. The lowest BCUT2D eigenvalue weighted by Crippen LogP contribution is -2.29. The number of nitrogens with zero attached hydrogens (tertiary/aromatic N) is 3. The van der Waals surface area contributed by atoms with E-state index in [2.05, 4.69) is 22.6 Å². The first-order valence-corrected chi connectivity index (χ1v) is 6.77. The zero-order valence-corrected chi connectivity index (χ0v) is 11.8. The molecule has 8 nitrogen and oxygen atoms in total. The standard InChI is InChI=1S/C12H23N5O3/c1-2-3-4-20-9-11(18)8-17-7-10(15-16-17)6-14-12(19)5-13/h7,11,18H,2-6,8-9,13H2,1H3,(H,14,19). The average Bonchev–Trinajstić information content (AvgIpc) is 2.88. The Kier molecular flexibility index (Phi) is 7.78. The predicted octanol–water partition coefficient (Wildman–Crippen LogP) is -0.969. The Hall–Kier alpha value is -1.51. The van der Waals surface area contributed by atoms with Crippen LogP contribution in [0.15, 0.2) is 6.20 Å². The van der Waals surface area contributed by atoms with E-state index in [1.165, 1.54) is 4.68 Å². The van der Waals surface area contributed by atoms with Gasteiger partial charge in [0.1, 0.15) is 5.69 Å². The second-order valence-corrected chi connectivity index (χ2v) is 4.50. The van der Waals surface area contributed by atoms with Gasteiger partial charge in [-0.2, -0.15) is 0 Å². The SMILES string of the molecule is CCCCOCC(O)Cn1cc(CNC(=O)CN)nn1. The fourth-order valence-corrected chi connectivity index (χ4v) is 1.50. The minimum atomic E-state index is -0.625. The van der Waals surface area contributed by atoms with Crippen LogP contribution in [0.1, 0.15) is 25.5 Å². The summed E-state index contributed by atoms with van der Waals surface area (Å²) in [6.07, 6.45) is 3.10. The van der Waals surface area contributed by atoms with Crippen molar-refractivity contribution in [2.45, 2.75) is 39.0 Å². The highest BCUT2D eigenvalue weighted by Crippen LogP contribution is 1.97. The summed E-state index contributed by atoms with van der Waals surface area (Å²) in [5.74, 6) is -0.246. The average molecular weight is 285 g/mol. The molecule has 1 unspecified atom stereocenters. The number of nitrogens with one attached hydrogen (secondary N) is 1. The Morgan fingerprint density at radius 1 is 1.65 bits per heavy atom. The third-order valence-electron chi connectivity index (χ3n) is 2.59. The molecule has 1 rings (SSSR count). The predicted molar refractivity (Wildman–Crippen MR) is 72.7 cm³/mol. The van der Waals surface area contributed by atoms with Crippen molar-refractivity contribution < 1.29 is 14.6 Å². The summed E-state index contributed by atoms with van der Waals surface area (Å²) in [5.41, 5.74) is 5.79. The molecular formula is C12H23N5O3. The van der Waals surface area contributed by atoms with Crippen molar-refractivity contribution in [2.24, 2.45) is 5.73 Å². The molecule has 0 fully saturated rings. The maximum absolute atomic E-state index is 11.0. The molecule has 1 aromatic heterocycles. The van der Waals surface area contributed by atoms with Gasteiger partial charge in [-0.3, -0.25) is 4.79 Å². The zero-order valence-electron chi connectivity index (χ0n) is 11.8. The molecule has 1 heterocycles. The third kappa shape index (κ3) is 6.60. The van der Waals surface area contributed by atoms with E-state index in [4.69, 9.17) is 10.5 Å². The van der Waals surface area contributed by atoms with Crippen molar-refractivity contribution in [1.82, 2.24) is 20.3 Å². The highest BCUT2D eigenvalue weighted by molar-refractivity contribution is 5.77. The van der Waals surface area contributed by atoms with Crippen LogP contribution in [0.4, 0.5) is 0 Å². The number of aliphatic hydroxyl groups excluding tert-OH is 1. The molecule has 0 saturated carbocycles. The summed E-state index contributed by atoms with van der Waals surface area (Å²) in [5, 5.41) is 20.1. The van der Waals surface area contributed by atoms with Crippen molar-refractivity contribution in [3.8, 4) is 0 Å². The number of ether oxygens (including phenoxy) is 1. The van der Waals surface area contributed by atoms with Gasteiger partial charge in [0.05, 0.1) is 38.5 Å². The van der Waals surface area contributed by atoms with Gasteiger partial charge in [-0.1, -0.05) is 18.6 Å². The molecule has 0 saturated heterocycles. The Morgan fingerprint density at radius 2 is 2.45 bits per heavy atom. The summed E-state index contributed by atoms with van der Waals surface area (Å²) < 4.78 is 6.85. The number of nitrogens with two attached hydrogens (primary N) is 1. The number of unbranched alkanes of at least 4 members (excludes halogenated alkanes) is 1. The molecular weight excluding hydrogens is 262 g/mol. The highest BCUT2D eigenvalue weighted by Gasteiger charge is 2.08. The fraction of sp³-hybridized carbons (Fsp3) is 0.750. The summed E-state index contributed by atoms with van der Waals surface area (Å²) in [7, 11) is 0. The Bertz CT molecular complexity index is 396. The van der Waals surface area contributed by atoms with Gasteiger partial charge in [0.15, 0.2) is 0 Å². The second-order valence-electron chi connectivity index (χ2n) is 4.50. The molecule has 114 valence electrons. The number of carbonyl (C=O) groups excluding carboxylic acids is 1. The molecule has 1 atom stereocenters. The molecule has 20 heavy (non-hydrogen) atoms. The monoisotopic (exact) mass is 285 g/mol. The molecule has 4 N–H and O–H groups in total. The van der Waals surface area contributed by atoms with Gasteiger partial charge in [0.2, 0.25) is 5.91 Å². The molecule has 0 aromatic carbocycles. The van der Waals surface area contributed by atoms with Crippen LogP contribution in [0, 0.1) is 0 Å². The molecule has 0 spiro atoms. The summed E-state index contributed by atoms with van der Waals surface area (Å²) >= 11 is 0. The lowest BCUT2D eigenvalue weighted by molar-refractivity contribution is -0.119. The molecule has 0 aliphatic carbocycles. The number of carbonyl (C=O) groups is 1. The molecule has 0 bridgehead atoms. The number of hydrogen-bond donors (Lipinski definition) is 3. The van der Waals surface area contributed by atoms with E-state index in [0.29, 0.717) is 18.8 Å². The molecule has 0 aliphatic heterocycles. The van der Waals surface area contributed by atoms with Crippen LogP contribution in [0.25, 0.3) is 0 Å². The quantitative estimate of drug-likeness (QED) is 0.476. The Labute approximate surface area is 118 Å². The van der Waals surface area contributed by atoms with Crippen LogP contribution in [-0.4, -0.2) is 51.9 Å². The maximum Gasteiger partial charge on any atom is 0.234 e. The van der Waals surface area contributed by atoms with Crippen molar-refractivity contribution in [3.63, 3.8) is 0 Å². The van der Waals surface area contributed by atoms with Gasteiger partial charge in [-0.05, 0) is 6.42 Å². The third-order valence-corrected chi connectivity index (χ3v) is 2.59. The van der Waals surface area contributed by atoms with Gasteiger partial charge in [-0.25, -0.2) is 4.68 Å². The van der Waals surface area contributed by atoms with E-state index >= 15 is 0 Å². The lowest BCUT2D eigenvalue weighted by Gasteiger charge is -2.10. The molecule has 0 radical (unpaired) electrons. The van der Waals surface area contributed by atoms with Crippen LogP contribution < -0.4 is 11.1 Å². The number of rotatable bonds is 10. The summed E-state index contributed by atoms with van der Waals surface area (Å²) in [6.45, 7) is 3.55. The molecule has 1 amide bonds. The summed E-state index contributed by atoms with van der Waals surface area (Å²) in [4.78, 5) is 11.0. The Balaban J connectivity index is 2.26. The van der Waals surface area contributed by atoms with E-state index < -0.39 is 6.10 Å². The van der Waals surface area contributed by atoms with E-state index in [1.54, 1.807) is 6.20 Å². The fourth-order valence-electron chi connectivity index (χ4n) is 1.50. The van der Waals surface area contributed by atoms with Gasteiger partial charge in [0.25, 0.3) is 0 Å². The highest BCUT2D eigenvalue weighted by atomic mass is 16.5. The number of amides is 1. The molecule has 1 aromatic rings. The number of aliphatic hydroxyl groups is 1. The van der Waals surface area contributed by atoms with Gasteiger partial charge in [0, 0.05) is 6.61 Å². The van der Waals surface area contributed by atoms with E-state index in [0.717, 1.165) is 12.8 Å². The first kappa shape index (κ1) is 16.5. The number of hydrogen-bond acceptors (Lipinski definition) is 6. The van der Waals surface area contributed by atoms with Crippen LogP contribution in [0.2, 0.25) is 0 Å². The topological polar surface area (TPSA) is 115 Å². The van der Waals surface area contributed by atoms with Crippen LogP contribution in [0.5, 0.6) is 0 Å². The van der Waals surface area contributed by atoms with Crippen molar-refractivity contribution in [1.29, 1.82) is 0 Å². The first-order chi connectivity index (χ1) is 9.65. The van der Waals surface area contributed by atoms with Gasteiger partial charge in [-0.15, -0.1) is 5.10 Å². The van der Waals surface area contributed by atoms with Crippen LogP contribution in [-0.2, 0) is 22.6 Å². The van der Waals surface area contributed by atoms with Crippen molar-refractivity contribution in [3.05, 3.63) is 11.9 Å². The minimum Gasteiger partial charge on any atom is -0.389 e. The molecule has 8 heteroatoms. The lowest BCUT2D eigenvalue weighted by atomic mass is 10.3. The smallest absolute Gasteiger partial charge is 0.234 e. The first-order valence-electron chi connectivity index (χ1n) is 6.77. The van der Waals surface area contributed by atoms with E-state index in [1.807, 2.05) is 0 Å². The Morgan fingerprint density at radius 3 is 3.15 bits per heavy atom.